The largest absolute Gasteiger partial charge is 0.482 e. The third kappa shape index (κ3) is 5.68. The average molecular weight is 679 g/mol. The van der Waals surface area contributed by atoms with Crippen LogP contribution in [0.4, 0.5) is 13.6 Å². The summed E-state index contributed by atoms with van der Waals surface area (Å²) in [5.74, 6) is -3.08. The van der Waals surface area contributed by atoms with Crippen LogP contribution in [0.3, 0.4) is 0 Å². The molecule has 7 aliphatic rings. The van der Waals surface area contributed by atoms with E-state index in [1.54, 1.807) is 23.6 Å². The van der Waals surface area contributed by atoms with Gasteiger partial charge in [-0.2, -0.15) is 5.26 Å². The maximum Gasteiger partial charge on any atom is 0.482 e. The van der Waals surface area contributed by atoms with Gasteiger partial charge in [0.1, 0.15) is 11.6 Å². The first-order valence-electron chi connectivity index (χ1n) is 18.0. The predicted octanol–water partition coefficient (Wildman–Crippen LogP) is 5.94. The molecular weight excluding hydrogens is 629 g/mol. The number of likely N-dealkylation sites (tertiary alicyclic amines) is 1. The number of halogens is 2. The van der Waals surface area contributed by atoms with Crippen LogP contribution in [0.25, 0.3) is 0 Å². The Morgan fingerprint density at radius 3 is 2.45 bits per heavy atom. The maximum absolute atomic E-state index is 14.3. The Balaban J connectivity index is 1.18. The molecule has 9 nitrogen and oxygen atoms in total. The predicted molar refractivity (Wildman–Crippen MR) is 180 cm³/mol. The number of nitrogens with zero attached hydrogens (tertiary/aromatic N) is 4. The van der Waals surface area contributed by atoms with Crippen molar-refractivity contribution in [3.8, 4) is 6.07 Å². The molecule has 5 atom stereocenters. The molecule has 3 aliphatic carbocycles. The summed E-state index contributed by atoms with van der Waals surface area (Å²) >= 11 is 0. The molecule has 1 N–H and O–H groups in total. The molecular formula is C37H49BF2N4O5. The number of alkyl halides is 2. The van der Waals surface area contributed by atoms with Crippen LogP contribution in [0, 0.1) is 28.6 Å². The van der Waals surface area contributed by atoms with Crippen LogP contribution in [-0.2, 0) is 20.5 Å². The molecule has 264 valence electrons. The lowest BCUT2D eigenvalue weighted by molar-refractivity contribution is -0.199. The van der Waals surface area contributed by atoms with Gasteiger partial charge in [0.25, 0.3) is 11.8 Å². The molecule has 7 fully saturated rings. The second-order valence-electron chi connectivity index (χ2n) is 17.0. The lowest BCUT2D eigenvalue weighted by atomic mass is 9.43. The average Bonchev–Trinajstić information content (AvgIpc) is 3.80. The lowest BCUT2D eigenvalue weighted by Crippen LogP contribution is -2.65. The van der Waals surface area contributed by atoms with Gasteiger partial charge >= 0.3 is 13.2 Å². The van der Waals surface area contributed by atoms with Crippen molar-refractivity contribution in [3.05, 3.63) is 47.5 Å². The van der Waals surface area contributed by atoms with Crippen LogP contribution in [0.15, 0.2) is 42.0 Å². The third-order valence-electron chi connectivity index (χ3n) is 13.5. The van der Waals surface area contributed by atoms with Gasteiger partial charge in [0.15, 0.2) is 0 Å². The van der Waals surface area contributed by atoms with Crippen molar-refractivity contribution < 1.29 is 32.8 Å². The summed E-state index contributed by atoms with van der Waals surface area (Å²) in [7, 11) is -0.783. The number of hydrogen-bond donors (Lipinski definition) is 1. The molecule has 4 aliphatic heterocycles. The van der Waals surface area contributed by atoms with E-state index in [-0.39, 0.29) is 42.6 Å². The number of rotatable bonds is 9. The van der Waals surface area contributed by atoms with E-state index in [9.17, 15) is 28.7 Å². The van der Waals surface area contributed by atoms with Crippen LogP contribution >= 0.6 is 0 Å². The van der Waals surface area contributed by atoms with Crippen LogP contribution < -0.4 is 0 Å². The lowest BCUT2D eigenvalue weighted by Gasteiger charge is -2.64. The second kappa shape index (κ2) is 11.8. The molecule has 0 aromatic heterocycles. The van der Waals surface area contributed by atoms with Crippen LogP contribution in [0.5, 0.6) is 0 Å². The normalized spacial score (nSPS) is 35.1. The summed E-state index contributed by atoms with van der Waals surface area (Å²) in [6.45, 7) is 10.0. The molecule has 8 rings (SSSR count). The molecule has 1 aromatic rings. The number of hydrogen-bond acceptors (Lipinski definition) is 6. The van der Waals surface area contributed by atoms with Gasteiger partial charge in [-0.3, -0.25) is 9.69 Å². The number of carboxylic acid groups (broad SMARTS) is 1. The van der Waals surface area contributed by atoms with Gasteiger partial charge in [-0.1, -0.05) is 44.2 Å². The number of carbonyl (C=O) groups is 2. The maximum atomic E-state index is 14.3. The number of fused-ring (bicyclic) bond motifs is 2. The van der Waals surface area contributed by atoms with Gasteiger partial charge in [0.2, 0.25) is 0 Å². The summed E-state index contributed by atoms with van der Waals surface area (Å²) in [5.41, 5.74) is -1.28. The molecule has 0 radical (unpaired) electrons. The van der Waals surface area contributed by atoms with Gasteiger partial charge in [-0.15, -0.1) is 0 Å². The summed E-state index contributed by atoms with van der Waals surface area (Å²) < 4.78 is 41.8. The first-order chi connectivity index (χ1) is 23.0. The van der Waals surface area contributed by atoms with Crippen molar-refractivity contribution in [2.24, 2.45) is 17.3 Å². The van der Waals surface area contributed by atoms with Gasteiger partial charge < -0.3 is 24.2 Å². The Morgan fingerprint density at radius 2 is 1.86 bits per heavy atom. The van der Waals surface area contributed by atoms with Gasteiger partial charge in [-0.05, 0) is 94.6 Å². The van der Waals surface area contributed by atoms with Crippen molar-refractivity contribution in [1.82, 2.24) is 14.7 Å². The summed E-state index contributed by atoms with van der Waals surface area (Å²) in [5, 5.41) is 21.1. The summed E-state index contributed by atoms with van der Waals surface area (Å²) in [6, 6.07) is 11.7. The molecule has 49 heavy (non-hydrogen) atoms. The van der Waals surface area contributed by atoms with E-state index in [0.717, 1.165) is 18.4 Å². The number of amides is 2. The quantitative estimate of drug-likeness (QED) is 0.196. The third-order valence-corrected chi connectivity index (χ3v) is 13.5. The minimum Gasteiger partial charge on any atom is -0.465 e. The Morgan fingerprint density at radius 1 is 1.16 bits per heavy atom. The van der Waals surface area contributed by atoms with Crippen molar-refractivity contribution in [1.29, 1.82) is 5.26 Å². The smallest absolute Gasteiger partial charge is 0.465 e. The standard InChI is InChI=1S/C37H49BF2N4O5/c1-33(2,42-16-15-37(39,40)23-42)20-25(21-41)31(45)44-27-11-13-36(44,14-12-27)22-43(32(46)47)30(17-24-9-7-6-8-10-24)38-48-29-19-26-18-28(34(26,3)4)35(29,5)49-38/h6-10,20,26-30H,11-19,22-23H2,1-5H3,(H,46,47)/b25-20+/t26-,27?,28-,29+,30-,35-,36?/m0/s1. The molecule has 3 saturated carbocycles. The van der Waals surface area contributed by atoms with Gasteiger partial charge in [0, 0.05) is 31.1 Å². The Kier molecular flexibility index (Phi) is 8.28. The molecule has 2 amide bonds. The second-order valence-corrected chi connectivity index (χ2v) is 17.0. The summed E-state index contributed by atoms with van der Waals surface area (Å²) in [4.78, 5) is 32.4. The van der Waals surface area contributed by atoms with E-state index in [2.05, 4.69) is 26.8 Å². The Labute approximate surface area is 288 Å². The van der Waals surface area contributed by atoms with Gasteiger partial charge in [0.05, 0.1) is 29.7 Å². The minimum absolute atomic E-state index is 0.0602. The highest BCUT2D eigenvalue weighted by molar-refractivity contribution is 6.47. The van der Waals surface area contributed by atoms with E-state index in [1.165, 1.54) is 11.0 Å². The minimum atomic E-state index is -2.81. The van der Waals surface area contributed by atoms with Crippen LogP contribution in [0.2, 0.25) is 0 Å². The number of benzene rings is 1. The van der Waals surface area contributed by atoms with E-state index in [0.29, 0.717) is 43.9 Å². The zero-order chi connectivity index (χ0) is 35.1. The zero-order valence-corrected chi connectivity index (χ0v) is 29.3. The number of carbonyl (C=O) groups excluding carboxylic acids is 1. The van der Waals surface area contributed by atoms with E-state index in [1.807, 2.05) is 30.3 Å². The SMILES string of the molecule is CC1(C)[C@@H]2C[C@H]3OB([C@H](Cc4ccccc4)N(CC45CCC(CC4)N5C(=O)/C(C#N)=C/C(C)(C)N4CCC(F)(F)C4)C(=O)O)O[C@@]3(C)[C@H]1C2. The van der Waals surface area contributed by atoms with Crippen LogP contribution in [-0.4, -0.2) is 99.2 Å². The molecule has 4 bridgehead atoms. The first kappa shape index (κ1) is 34.4. The molecule has 4 saturated heterocycles. The van der Waals surface area contributed by atoms with Crippen LogP contribution in [0.1, 0.15) is 85.1 Å². The fraction of sp³-hybridized carbons (Fsp3) is 0.703. The van der Waals surface area contributed by atoms with Crippen molar-refractivity contribution >= 4 is 19.1 Å². The number of nitriles is 1. The fourth-order valence-electron chi connectivity index (χ4n) is 10.5. The molecule has 12 heteroatoms. The Bertz CT molecular complexity index is 1560. The molecule has 4 heterocycles. The summed E-state index contributed by atoms with van der Waals surface area (Å²) in [6.07, 6.45) is 4.99. The molecule has 0 unspecified atom stereocenters. The molecule has 1 aromatic carbocycles. The van der Waals surface area contributed by atoms with E-state index in [4.69, 9.17) is 9.31 Å². The highest BCUT2D eigenvalue weighted by atomic mass is 19.3. The monoisotopic (exact) mass is 678 g/mol. The van der Waals surface area contributed by atoms with Gasteiger partial charge in [-0.25, -0.2) is 13.6 Å². The highest BCUT2D eigenvalue weighted by Gasteiger charge is 2.69. The van der Waals surface area contributed by atoms with Crippen molar-refractivity contribution in [2.75, 3.05) is 19.6 Å². The fourth-order valence-corrected chi connectivity index (χ4v) is 10.5. The molecule has 0 spiro atoms. The first-order valence-corrected chi connectivity index (χ1v) is 18.0. The highest BCUT2D eigenvalue weighted by Crippen LogP contribution is 2.66. The van der Waals surface area contributed by atoms with E-state index >= 15 is 0 Å². The van der Waals surface area contributed by atoms with Crippen molar-refractivity contribution in [2.45, 2.75) is 127 Å². The topological polar surface area (TPSA) is 106 Å². The van der Waals surface area contributed by atoms with E-state index < -0.39 is 54.2 Å². The zero-order valence-electron chi connectivity index (χ0n) is 29.3. The van der Waals surface area contributed by atoms with Crippen molar-refractivity contribution in [3.63, 3.8) is 0 Å². The Hall–Kier alpha value is -3.01.